The van der Waals surface area contributed by atoms with E-state index >= 15 is 0 Å². The van der Waals surface area contributed by atoms with E-state index in [0.717, 1.165) is 11.6 Å². The normalized spacial score (nSPS) is 10.0. The molecule has 1 heterocycles. The van der Waals surface area contributed by atoms with E-state index in [1.54, 1.807) is 12.1 Å². The fourth-order valence-corrected chi connectivity index (χ4v) is 1.12. The summed E-state index contributed by atoms with van der Waals surface area (Å²) in [4.78, 5) is 14.7. The van der Waals surface area contributed by atoms with E-state index in [2.05, 4.69) is 4.98 Å². The zero-order chi connectivity index (χ0) is 9.97. The van der Waals surface area contributed by atoms with Gasteiger partial charge in [0.25, 0.3) is 5.56 Å². The van der Waals surface area contributed by atoms with Crippen molar-refractivity contribution in [3.63, 3.8) is 0 Å². The van der Waals surface area contributed by atoms with Crippen LogP contribution in [-0.2, 0) is 0 Å². The van der Waals surface area contributed by atoms with Crippen LogP contribution in [-0.4, -0.2) is 4.98 Å². The minimum atomic E-state index is -0.396. The summed E-state index contributed by atoms with van der Waals surface area (Å²) < 4.78 is 5.11. The van der Waals surface area contributed by atoms with Crippen LogP contribution < -0.4 is 11.3 Å². The lowest BCUT2D eigenvalue weighted by molar-refractivity contribution is 0.563. The van der Waals surface area contributed by atoms with Crippen LogP contribution in [0.3, 0.4) is 0 Å². The molecule has 0 atom stereocenters. The minimum Gasteiger partial charge on any atom is -0.422 e. The molecule has 4 nitrogen and oxygen atoms in total. The zero-order valence-electron chi connectivity index (χ0n) is 7.31. The average Bonchev–Trinajstić information content (AvgIpc) is 2.18. The maximum atomic E-state index is 11.0. The molecule has 0 saturated heterocycles. The third kappa shape index (κ3) is 1.64. The van der Waals surface area contributed by atoms with Crippen molar-refractivity contribution in [2.24, 2.45) is 0 Å². The maximum absolute atomic E-state index is 11.0. The number of aromatic nitrogens is 1. The van der Waals surface area contributed by atoms with Crippen molar-refractivity contribution in [2.45, 2.75) is 0 Å². The summed E-state index contributed by atoms with van der Waals surface area (Å²) in [5.41, 5.74) is 5.73. The molecular weight excluding hydrogens is 180 g/mol. The molecule has 0 saturated carbocycles. The largest absolute Gasteiger partial charge is 0.422 e. The molecule has 0 aliphatic rings. The van der Waals surface area contributed by atoms with Crippen LogP contribution in [0.1, 0.15) is 0 Å². The molecule has 0 radical (unpaired) electrons. The van der Waals surface area contributed by atoms with Crippen molar-refractivity contribution in [3.05, 3.63) is 46.8 Å². The number of nitrogen functional groups attached to an aromatic ring is 1. The Bertz CT molecular complexity index is 491. The Balaban J connectivity index is 2.58. The van der Waals surface area contributed by atoms with E-state index in [1.165, 1.54) is 0 Å². The van der Waals surface area contributed by atoms with E-state index in [9.17, 15) is 4.79 Å². The lowest BCUT2D eigenvalue weighted by atomic mass is 10.2. The third-order valence-electron chi connectivity index (χ3n) is 1.71. The van der Waals surface area contributed by atoms with E-state index in [-0.39, 0.29) is 11.8 Å². The topological polar surface area (TPSA) is 69.1 Å². The van der Waals surface area contributed by atoms with Crippen molar-refractivity contribution in [1.82, 2.24) is 4.98 Å². The number of hydrogen-bond acceptors (Lipinski definition) is 4. The van der Waals surface area contributed by atoms with Gasteiger partial charge in [-0.1, -0.05) is 18.2 Å². The Hall–Kier alpha value is -2.10. The van der Waals surface area contributed by atoms with Crippen LogP contribution in [0, 0.1) is 0 Å². The van der Waals surface area contributed by atoms with Gasteiger partial charge in [0.15, 0.2) is 5.88 Å². The van der Waals surface area contributed by atoms with Crippen molar-refractivity contribution in [3.8, 4) is 11.5 Å². The molecule has 2 rings (SSSR count). The van der Waals surface area contributed by atoms with Crippen LogP contribution in [0.15, 0.2) is 45.6 Å². The number of nitrogens with two attached hydrogens (primary N) is 1. The van der Waals surface area contributed by atoms with E-state index < -0.39 is 5.56 Å². The molecule has 70 valence electrons. The molecule has 0 aliphatic heterocycles. The first-order valence-electron chi connectivity index (χ1n) is 4.09. The Morgan fingerprint density at radius 3 is 2.57 bits per heavy atom. The van der Waals surface area contributed by atoms with Gasteiger partial charge in [-0.25, -0.2) is 0 Å². The molecule has 2 aromatic rings. The number of anilines is 1. The molecule has 14 heavy (non-hydrogen) atoms. The van der Waals surface area contributed by atoms with Gasteiger partial charge >= 0.3 is 0 Å². The lowest BCUT2D eigenvalue weighted by Gasteiger charge is -1.98. The Morgan fingerprint density at radius 1 is 1.21 bits per heavy atom. The second-order valence-corrected chi connectivity index (χ2v) is 2.77. The van der Waals surface area contributed by atoms with Crippen molar-refractivity contribution < 1.29 is 4.42 Å². The van der Waals surface area contributed by atoms with Gasteiger partial charge in [-0.15, -0.1) is 0 Å². The van der Waals surface area contributed by atoms with Crippen molar-refractivity contribution in [2.75, 3.05) is 5.73 Å². The van der Waals surface area contributed by atoms with Gasteiger partial charge < -0.3 is 10.2 Å². The van der Waals surface area contributed by atoms with Crippen LogP contribution in [0.25, 0.3) is 11.5 Å². The minimum absolute atomic E-state index is 0.0730. The predicted molar refractivity (Wildman–Crippen MR) is 52.6 cm³/mol. The molecule has 0 bridgehead atoms. The number of nitrogens with zero attached hydrogens (tertiary/aromatic N) is 1. The second kappa shape index (κ2) is 3.33. The monoisotopic (exact) mass is 188 g/mol. The van der Waals surface area contributed by atoms with Gasteiger partial charge in [0.05, 0.1) is 6.07 Å². The van der Waals surface area contributed by atoms with E-state index in [0.29, 0.717) is 0 Å². The highest BCUT2D eigenvalue weighted by Crippen LogP contribution is 2.16. The molecule has 2 N–H and O–H groups in total. The predicted octanol–water partition coefficient (Wildman–Crippen LogP) is 1.28. The third-order valence-corrected chi connectivity index (χ3v) is 1.71. The number of rotatable bonds is 1. The molecule has 0 unspecified atom stereocenters. The summed E-state index contributed by atoms with van der Waals surface area (Å²) in [6.07, 6.45) is 0. The quantitative estimate of drug-likeness (QED) is 0.731. The number of hydrogen-bond donors (Lipinski definition) is 1. The first-order valence-corrected chi connectivity index (χ1v) is 4.09. The fraction of sp³-hybridized carbons (Fsp3) is 0. The fourth-order valence-electron chi connectivity index (χ4n) is 1.12. The number of benzene rings is 1. The Morgan fingerprint density at radius 2 is 1.93 bits per heavy atom. The summed E-state index contributed by atoms with van der Waals surface area (Å²) in [5.74, 6) is 0.319. The Kier molecular flexibility index (Phi) is 2.02. The van der Waals surface area contributed by atoms with Gasteiger partial charge in [0.1, 0.15) is 0 Å². The standard InChI is InChI=1S/C10H8N2O2/c11-8-6-9(13)12-10(14-8)7-4-2-1-3-5-7/h1-6H,11H2. The van der Waals surface area contributed by atoms with E-state index in [1.807, 2.05) is 18.2 Å². The average molecular weight is 188 g/mol. The molecule has 4 heteroatoms. The lowest BCUT2D eigenvalue weighted by Crippen LogP contribution is -2.06. The first-order chi connectivity index (χ1) is 6.75. The van der Waals surface area contributed by atoms with Crippen LogP contribution in [0.4, 0.5) is 5.88 Å². The summed E-state index contributed by atoms with van der Waals surface area (Å²) in [6.45, 7) is 0. The van der Waals surface area contributed by atoms with Crippen molar-refractivity contribution >= 4 is 5.88 Å². The zero-order valence-corrected chi connectivity index (χ0v) is 7.31. The van der Waals surface area contributed by atoms with Crippen LogP contribution >= 0.6 is 0 Å². The first kappa shape index (κ1) is 8.50. The highest BCUT2D eigenvalue weighted by atomic mass is 16.4. The summed E-state index contributed by atoms with van der Waals surface area (Å²) in [7, 11) is 0. The summed E-state index contributed by atoms with van der Waals surface area (Å²) >= 11 is 0. The summed E-state index contributed by atoms with van der Waals surface area (Å²) in [6, 6.07) is 10.3. The molecule has 0 fully saturated rings. The summed E-state index contributed by atoms with van der Waals surface area (Å²) in [5, 5.41) is 0. The Labute approximate surface area is 80.0 Å². The van der Waals surface area contributed by atoms with Gasteiger partial charge in [-0.3, -0.25) is 4.79 Å². The van der Waals surface area contributed by atoms with Crippen LogP contribution in [0.2, 0.25) is 0 Å². The highest BCUT2D eigenvalue weighted by Gasteiger charge is 2.03. The molecular formula is C10H8N2O2. The molecule has 1 aromatic heterocycles. The van der Waals surface area contributed by atoms with Gasteiger partial charge in [0.2, 0.25) is 5.89 Å². The SMILES string of the molecule is Nc1cc(=O)nc(-c2ccccc2)o1. The van der Waals surface area contributed by atoms with Gasteiger partial charge in [-0.2, -0.15) is 4.98 Å². The molecule has 0 spiro atoms. The van der Waals surface area contributed by atoms with Gasteiger partial charge in [-0.05, 0) is 12.1 Å². The van der Waals surface area contributed by atoms with Gasteiger partial charge in [0, 0.05) is 5.56 Å². The van der Waals surface area contributed by atoms with E-state index in [4.69, 9.17) is 10.2 Å². The molecule has 0 amide bonds. The second-order valence-electron chi connectivity index (χ2n) is 2.77. The van der Waals surface area contributed by atoms with Crippen LogP contribution in [0.5, 0.6) is 0 Å². The smallest absolute Gasteiger partial charge is 0.278 e. The van der Waals surface area contributed by atoms with Crippen molar-refractivity contribution in [1.29, 1.82) is 0 Å². The molecule has 0 aliphatic carbocycles. The molecule has 1 aromatic carbocycles. The highest BCUT2D eigenvalue weighted by molar-refractivity contribution is 5.52. The maximum Gasteiger partial charge on any atom is 0.278 e.